The van der Waals surface area contributed by atoms with Crippen molar-refractivity contribution in [2.75, 3.05) is 6.26 Å². The molecule has 84 valence electrons. The summed E-state index contributed by atoms with van der Waals surface area (Å²) in [5.41, 5.74) is 1.56. The zero-order valence-electron chi connectivity index (χ0n) is 8.47. The summed E-state index contributed by atoms with van der Waals surface area (Å²) in [6.07, 6.45) is 1.76. The van der Waals surface area contributed by atoms with E-state index in [2.05, 4.69) is 9.97 Å². The van der Waals surface area contributed by atoms with Crippen molar-refractivity contribution in [1.29, 1.82) is 0 Å². The van der Waals surface area contributed by atoms with Crippen LogP contribution in [0.1, 0.15) is 11.7 Å². The van der Waals surface area contributed by atoms with Crippen LogP contribution in [0.3, 0.4) is 0 Å². The number of imidazole rings is 1. The molecule has 0 aliphatic heterocycles. The highest BCUT2D eigenvalue weighted by Crippen LogP contribution is 2.31. The van der Waals surface area contributed by atoms with E-state index in [1.54, 1.807) is 6.07 Å². The Balaban J connectivity index is 2.70. The minimum absolute atomic E-state index is 0.346. The number of aliphatic hydroxyl groups is 1. The second-order valence-electron chi connectivity index (χ2n) is 3.22. The maximum Gasteiger partial charge on any atom is 0.337 e. The Hall–Kier alpha value is -1.53. The Morgan fingerprint density at radius 2 is 2.31 bits per heavy atom. The fourth-order valence-corrected chi connectivity index (χ4v) is 2.21. The van der Waals surface area contributed by atoms with Gasteiger partial charge in [0.05, 0.1) is 17.4 Å². The first kappa shape index (κ1) is 11.0. The van der Waals surface area contributed by atoms with E-state index in [-0.39, 0.29) is 0 Å². The molecule has 6 heteroatoms. The van der Waals surface area contributed by atoms with Gasteiger partial charge in [-0.2, -0.15) is 0 Å². The number of aromatic amines is 1. The summed E-state index contributed by atoms with van der Waals surface area (Å²) in [5, 5.41) is 18.5. The zero-order chi connectivity index (χ0) is 11.7. The first-order valence-electron chi connectivity index (χ1n) is 4.56. The van der Waals surface area contributed by atoms with Gasteiger partial charge in [0.25, 0.3) is 0 Å². The third kappa shape index (κ3) is 1.66. The number of hydrogen-bond acceptors (Lipinski definition) is 4. The molecule has 1 unspecified atom stereocenters. The third-order valence-corrected chi connectivity index (χ3v) is 3.11. The highest BCUT2D eigenvalue weighted by Gasteiger charge is 2.23. The number of carbonyl (C=O) groups is 1. The predicted molar refractivity (Wildman–Crippen MR) is 60.5 cm³/mol. The van der Waals surface area contributed by atoms with E-state index in [1.807, 2.05) is 12.3 Å². The number of H-pyrrole nitrogens is 1. The van der Waals surface area contributed by atoms with Crippen LogP contribution in [-0.2, 0) is 4.79 Å². The van der Waals surface area contributed by atoms with Crippen molar-refractivity contribution in [3.8, 4) is 0 Å². The van der Waals surface area contributed by atoms with Crippen LogP contribution in [0.2, 0.25) is 0 Å². The molecule has 0 aliphatic carbocycles. The van der Waals surface area contributed by atoms with E-state index in [9.17, 15) is 9.90 Å². The first-order chi connectivity index (χ1) is 7.65. The van der Waals surface area contributed by atoms with Crippen LogP contribution in [0.15, 0.2) is 23.4 Å². The summed E-state index contributed by atoms with van der Waals surface area (Å²) in [6.45, 7) is 0. The Morgan fingerprint density at radius 1 is 1.56 bits per heavy atom. The van der Waals surface area contributed by atoms with Gasteiger partial charge in [-0.3, -0.25) is 0 Å². The predicted octanol–water partition coefficient (Wildman–Crippen LogP) is 1.40. The zero-order valence-corrected chi connectivity index (χ0v) is 9.28. The Labute approximate surface area is 95.5 Å². The van der Waals surface area contributed by atoms with Gasteiger partial charge in [0.1, 0.15) is 0 Å². The Morgan fingerprint density at radius 3 is 2.94 bits per heavy atom. The van der Waals surface area contributed by atoms with Gasteiger partial charge in [0, 0.05) is 10.5 Å². The number of aliphatic hydroxyl groups excluding tert-OH is 1. The van der Waals surface area contributed by atoms with Crippen LogP contribution >= 0.6 is 11.8 Å². The number of thioether (sulfide) groups is 1. The van der Waals surface area contributed by atoms with Crippen LogP contribution < -0.4 is 0 Å². The first-order valence-corrected chi connectivity index (χ1v) is 5.78. The molecule has 0 amide bonds. The van der Waals surface area contributed by atoms with E-state index in [0.717, 1.165) is 4.90 Å². The molecule has 3 N–H and O–H groups in total. The molecule has 0 fully saturated rings. The van der Waals surface area contributed by atoms with Crippen molar-refractivity contribution in [1.82, 2.24) is 9.97 Å². The number of hydrogen-bond donors (Lipinski definition) is 3. The van der Waals surface area contributed by atoms with Crippen LogP contribution in [0.5, 0.6) is 0 Å². The van der Waals surface area contributed by atoms with E-state index in [0.29, 0.717) is 16.6 Å². The number of benzene rings is 1. The number of fused-ring (bicyclic) bond motifs is 1. The third-order valence-electron chi connectivity index (χ3n) is 2.32. The molecule has 0 saturated heterocycles. The minimum atomic E-state index is -1.55. The lowest BCUT2D eigenvalue weighted by Gasteiger charge is -2.11. The molecule has 0 spiro atoms. The maximum absolute atomic E-state index is 10.8. The van der Waals surface area contributed by atoms with Crippen molar-refractivity contribution >= 4 is 28.8 Å². The molecule has 1 heterocycles. The summed E-state index contributed by atoms with van der Waals surface area (Å²) in [4.78, 5) is 18.5. The fraction of sp³-hybridized carbons (Fsp3) is 0.200. The largest absolute Gasteiger partial charge is 0.479 e. The van der Waals surface area contributed by atoms with E-state index in [1.165, 1.54) is 18.1 Å². The Bertz CT molecular complexity index is 538. The van der Waals surface area contributed by atoms with Crippen molar-refractivity contribution in [3.63, 3.8) is 0 Å². The molecule has 1 aromatic carbocycles. The molecule has 0 bridgehead atoms. The molecule has 2 aromatic rings. The van der Waals surface area contributed by atoms with Gasteiger partial charge in [-0.05, 0) is 18.4 Å². The van der Waals surface area contributed by atoms with Gasteiger partial charge in [-0.15, -0.1) is 11.8 Å². The quantitative estimate of drug-likeness (QED) is 0.704. The highest BCUT2D eigenvalue weighted by molar-refractivity contribution is 7.98. The minimum Gasteiger partial charge on any atom is -0.479 e. The average molecular weight is 238 g/mol. The summed E-state index contributed by atoms with van der Waals surface area (Å²) in [6, 6.07) is 3.58. The van der Waals surface area contributed by atoms with E-state index >= 15 is 0 Å². The molecule has 2 rings (SSSR count). The van der Waals surface area contributed by atoms with Gasteiger partial charge in [0.2, 0.25) is 0 Å². The number of nitrogens with one attached hydrogen (secondary N) is 1. The van der Waals surface area contributed by atoms with E-state index < -0.39 is 12.1 Å². The molecule has 5 nitrogen and oxygen atoms in total. The molecule has 1 aromatic heterocycles. The smallest absolute Gasteiger partial charge is 0.337 e. The molecule has 0 radical (unpaired) electrons. The lowest BCUT2D eigenvalue weighted by Crippen LogP contribution is -2.12. The number of aromatic nitrogens is 2. The van der Waals surface area contributed by atoms with Crippen LogP contribution in [0.4, 0.5) is 0 Å². The highest BCUT2D eigenvalue weighted by atomic mass is 32.2. The van der Waals surface area contributed by atoms with Gasteiger partial charge in [-0.25, -0.2) is 9.78 Å². The molecular weight excluding hydrogens is 228 g/mol. The van der Waals surface area contributed by atoms with Gasteiger partial charge in [0.15, 0.2) is 6.10 Å². The van der Waals surface area contributed by atoms with Gasteiger partial charge in [-0.1, -0.05) is 0 Å². The number of nitrogens with zero attached hydrogens (tertiary/aromatic N) is 1. The SMILES string of the molecule is CSc1ccc2[nH]cnc2c1C(O)C(=O)O. The second kappa shape index (κ2) is 4.15. The fourth-order valence-electron chi connectivity index (χ4n) is 1.58. The number of carboxylic acids is 1. The normalized spacial score (nSPS) is 12.9. The van der Waals surface area contributed by atoms with Crippen LogP contribution in [0, 0.1) is 0 Å². The maximum atomic E-state index is 10.8. The van der Waals surface area contributed by atoms with Crippen molar-refractivity contribution in [3.05, 3.63) is 24.0 Å². The number of aliphatic carboxylic acids is 1. The van der Waals surface area contributed by atoms with Crippen molar-refractivity contribution < 1.29 is 15.0 Å². The lowest BCUT2D eigenvalue weighted by molar-refractivity contribution is -0.147. The second-order valence-corrected chi connectivity index (χ2v) is 4.07. The lowest BCUT2D eigenvalue weighted by atomic mass is 10.1. The standard InChI is InChI=1S/C10H10N2O3S/c1-16-6-3-2-5-8(12-4-11-5)7(6)9(13)10(14)15/h2-4,9,13H,1H3,(H,11,12)(H,14,15). The molecule has 0 saturated carbocycles. The summed E-state index contributed by atoms with van der Waals surface area (Å²) in [5.74, 6) is -1.27. The molecule has 16 heavy (non-hydrogen) atoms. The van der Waals surface area contributed by atoms with Crippen LogP contribution in [0.25, 0.3) is 11.0 Å². The van der Waals surface area contributed by atoms with Crippen molar-refractivity contribution in [2.24, 2.45) is 0 Å². The van der Waals surface area contributed by atoms with Crippen molar-refractivity contribution in [2.45, 2.75) is 11.0 Å². The monoisotopic (exact) mass is 238 g/mol. The van der Waals surface area contributed by atoms with Gasteiger partial charge >= 0.3 is 5.97 Å². The van der Waals surface area contributed by atoms with Crippen LogP contribution in [-0.4, -0.2) is 32.4 Å². The topological polar surface area (TPSA) is 86.2 Å². The number of rotatable bonds is 3. The Kier molecular flexibility index (Phi) is 2.84. The number of carboxylic acid groups (broad SMARTS) is 1. The molecular formula is C10H10N2O3S. The summed E-state index contributed by atoms with van der Waals surface area (Å²) in [7, 11) is 0. The summed E-state index contributed by atoms with van der Waals surface area (Å²) < 4.78 is 0. The summed E-state index contributed by atoms with van der Waals surface area (Å²) >= 11 is 1.38. The van der Waals surface area contributed by atoms with Gasteiger partial charge < -0.3 is 15.2 Å². The molecule has 0 aliphatic rings. The van der Waals surface area contributed by atoms with E-state index in [4.69, 9.17) is 5.11 Å². The molecule has 1 atom stereocenters. The average Bonchev–Trinajstić information content (AvgIpc) is 2.74.